The van der Waals surface area contributed by atoms with Crippen LogP contribution in [0.5, 0.6) is 0 Å². The van der Waals surface area contributed by atoms with Gasteiger partial charge in [0.2, 0.25) is 0 Å². The second-order valence-electron chi connectivity index (χ2n) is 3.13. The molecule has 0 atom stereocenters. The minimum atomic E-state index is -4.61. The van der Waals surface area contributed by atoms with E-state index in [9.17, 15) is 19.1 Å². The van der Waals surface area contributed by atoms with Gasteiger partial charge in [-0.1, -0.05) is 0 Å². The van der Waals surface area contributed by atoms with Crippen LogP contribution >= 0.6 is 0 Å². The van der Waals surface area contributed by atoms with Gasteiger partial charge in [-0.3, -0.25) is 0 Å². The van der Waals surface area contributed by atoms with Crippen molar-refractivity contribution in [3.63, 3.8) is 0 Å². The molecule has 0 unspecified atom stereocenters. The van der Waals surface area contributed by atoms with Gasteiger partial charge in [-0.15, -0.1) is 0 Å². The van der Waals surface area contributed by atoms with Crippen molar-refractivity contribution in [2.75, 3.05) is 0 Å². The third kappa shape index (κ3) is 3.74. The summed E-state index contributed by atoms with van der Waals surface area (Å²) in [6.07, 6.45) is -0.219. The molecule has 0 aromatic heterocycles. The van der Waals surface area contributed by atoms with E-state index in [1.807, 2.05) is 0 Å². The van der Waals surface area contributed by atoms with Gasteiger partial charge in [-0.25, -0.2) is 0 Å². The van der Waals surface area contributed by atoms with Gasteiger partial charge in [-0.2, -0.15) is 14.0 Å². The fourth-order valence-electron chi connectivity index (χ4n) is 1.31. The summed E-state index contributed by atoms with van der Waals surface area (Å²) in [5.41, 5.74) is 0. The molecule has 6 nitrogen and oxygen atoms in total. The van der Waals surface area contributed by atoms with E-state index in [1.54, 1.807) is 0 Å². The van der Waals surface area contributed by atoms with Gasteiger partial charge >= 0.3 is 5.79 Å². The first-order chi connectivity index (χ1) is 5.81. The minimum Gasteiger partial charge on any atom is -0.393 e. The lowest BCUT2D eigenvalue weighted by Gasteiger charge is -2.29. The molecule has 13 heavy (non-hydrogen) atoms. The molecule has 0 aliphatic heterocycles. The Kier molecular flexibility index (Phi) is 3.13. The van der Waals surface area contributed by atoms with Crippen LogP contribution in [-0.2, 0) is 4.29 Å². The first kappa shape index (κ1) is 11.1. The molecule has 0 aromatic carbocycles. The Morgan fingerprint density at radius 1 is 1.23 bits per heavy atom. The van der Waals surface area contributed by atoms with E-state index >= 15 is 0 Å². The summed E-state index contributed by atoms with van der Waals surface area (Å²) >= 11 is 0. The smallest absolute Gasteiger partial charge is 0.321 e. The van der Waals surface area contributed by atoms with Crippen LogP contribution in [0.2, 0.25) is 0 Å². The van der Waals surface area contributed by atoms with E-state index in [2.05, 4.69) is 4.29 Å². The molecule has 1 aliphatic carbocycles. The van der Waals surface area contributed by atoms with E-state index < -0.39 is 22.1 Å². The highest BCUT2D eigenvalue weighted by molar-refractivity contribution is 4.76. The summed E-state index contributed by atoms with van der Waals surface area (Å²) in [5.74, 6) is -1.93. The maximum atomic E-state index is 10.2. The molecule has 2 N–H and O–H groups in total. The Hall–Kier alpha value is 0.0500. The largest absolute Gasteiger partial charge is 0.393 e. The number of aliphatic hydroxyl groups excluding tert-OH is 1. The molecule has 1 rings (SSSR count). The van der Waals surface area contributed by atoms with Crippen LogP contribution in [0.3, 0.4) is 0 Å². The highest BCUT2D eigenvalue weighted by Crippen LogP contribution is 2.30. The number of aliphatic hydroxyl groups is 2. The molecule has 0 radical (unpaired) electrons. The molecule has 0 bridgehead atoms. The number of hydrogen-bond donors (Lipinski definition) is 2. The minimum absolute atomic E-state index is 0.0529. The van der Waals surface area contributed by atoms with Crippen LogP contribution in [0, 0.1) is 10.2 Å². The Morgan fingerprint density at radius 2 is 1.69 bits per heavy atom. The van der Waals surface area contributed by atoms with Gasteiger partial charge in [-0.05, 0) is 12.8 Å². The Labute approximate surface area is 77.1 Å². The number of hydrogen-bond acceptors (Lipinski definition) is 6. The van der Waals surface area contributed by atoms with Crippen molar-refractivity contribution in [3.05, 3.63) is 0 Å². The van der Waals surface area contributed by atoms with Crippen molar-refractivity contribution in [1.82, 2.24) is 0 Å². The van der Waals surface area contributed by atoms with Gasteiger partial charge < -0.3 is 10.2 Å². The van der Waals surface area contributed by atoms with E-state index in [-0.39, 0.29) is 25.7 Å². The van der Waals surface area contributed by atoms with Gasteiger partial charge in [0.05, 0.1) is 16.3 Å². The maximum Gasteiger partial charge on any atom is 0.321 e. The van der Waals surface area contributed by atoms with Crippen LogP contribution in [0.4, 0.5) is 0 Å². The van der Waals surface area contributed by atoms with E-state index in [0.29, 0.717) is 0 Å². The number of halogens is 1. The molecule has 1 fully saturated rings. The molecule has 0 saturated heterocycles. The third-order valence-electron chi connectivity index (χ3n) is 1.97. The van der Waals surface area contributed by atoms with E-state index in [4.69, 9.17) is 5.11 Å². The molecule has 1 saturated carbocycles. The summed E-state index contributed by atoms with van der Waals surface area (Å²) in [7, 11) is -4.61. The van der Waals surface area contributed by atoms with Gasteiger partial charge in [0, 0.05) is 12.8 Å². The molecule has 0 aromatic rings. The first-order valence-corrected chi connectivity index (χ1v) is 5.06. The zero-order chi connectivity index (χ0) is 10.1. The third-order valence-corrected chi connectivity index (χ3v) is 2.45. The zero-order valence-corrected chi connectivity index (χ0v) is 7.57. The van der Waals surface area contributed by atoms with Crippen LogP contribution in [0.25, 0.3) is 0 Å². The molecular formula is C6H11ClO6. The SMILES string of the molecule is [O-][Cl+3]([O-])([O-])OC1(O)CCC(O)CC1. The summed E-state index contributed by atoms with van der Waals surface area (Å²) < 4.78 is 34.4. The summed E-state index contributed by atoms with van der Waals surface area (Å²) in [5, 5.41) is 18.4. The van der Waals surface area contributed by atoms with Gasteiger partial charge in [0.1, 0.15) is 4.29 Å². The van der Waals surface area contributed by atoms with Crippen molar-refractivity contribution in [2.45, 2.75) is 37.6 Å². The Balaban J connectivity index is 2.48. The monoisotopic (exact) mass is 214 g/mol. The van der Waals surface area contributed by atoms with Crippen LogP contribution in [0.15, 0.2) is 0 Å². The van der Waals surface area contributed by atoms with Crippen molar-refractivity contribution in [2.24, 2.45) is 0 Å². The molecule has 0 spiro atoms. The average molecular weight is 215 g/mol. The molecule has 0 amide bonds. The molecule has 1 aliphatic rings. The Morgan fingerprint density at radius 3 is 2.08 bits per heavy atom. The predicted molar refractivity (Wildman–Crippen MR) is 30.5 cm³/mol. The lowest BCUT2D eigenvalue weighted by atomic mass is 9.92. The summed E-state index contributed by atoms with van der Waals surface area (Å²) in [6.45, 7) is 0. The topological polar surface area (TPSA) is 119 Å². The lowest BCUT2D eigenvalue weighted by molar-refractivity contribution is -1.92. The fraction of sp³-hybridized carbons (Fsp3) is 1.00. The van der Waals surface area contributed by atoms with E-state index in [1.165, 1.54) is 0 Å². The average Bonchev–Trinajstić information content (AvgIpc) is 1.92. The van der Waals surface area contributed by atoms with Crippen molar-refractivity contribution in [1.29, 1.82) is 0 Å². The predicted octanol–water partition coefficient (Wildman–Crippen LogP) is -3.48. The normalized spacial score (nSPS) is 36.2. The quantitative estimate of drug-likeness (QED) is 0.461. The van der Waals surface area contributed by atoms with Crippen molar-refractivity contribution in [3.8, 4) is 0 Å². The highest BCUT2D eigenvalue weighted by Gasteiger charge is 2.46. The molecule has 7 heteroatoms. The standard InChI is InChI=1S/C6H11ClO6/c8-5-1-3-6(9,4-2-5)13-7(10,11)12/h5,8-9H,1-4H2. The van der Waals surface area contributed by atoms with Crippen molar-refractivity contribution < 1.29 is 38.7 Å². The molecule has 0 heterocycles. The van der Waals surface area contributed by atoms with Crippen LogP contribution in [-0.4, -0.2) is 22.1 Å². The maximum absolute atomic E-state index is 10.2. The second kappa shape index (κ2) is 3.66. The summed E-state index contributed by atoms with van der Waals surface area (Å²) in [4.78, 5) is 0. The zero-order valence-electron chi connectivity index (χ0n) is 6.81. The lowest BCUT2D eigenvalue weighted by Crippen LogP contribution is -2.65. The van der Waals surface area contributed by atoms with E-state index in [0.717, 1.165) is 0 Å². The van der Waals surface area contributed by atoms with Gasteiger partial charge in [0.15, 0.2) is 0 Å². The van der Waals surface area contributed by atoms with Crippen LogP contribution < -0.4 is 14.0 Å². The fourth-order valence-corrected chi connectivity index (χ4v) is 1.81. The van der Waals surface area contributed by atoms with Crippen molar-refractivity contribution >= 4 is 0 Å². The summed E-state index contributed by atoms with van der Waals surface area (Å²) in [6, 6.07) is 0. The highest BCUT2D eigenvalue weighted by atomic mass is 35.7. The molecule has 78 valence electrons. The second-order valence-corrected chi connectivity index (χ2v) is 4.04. The van der Waals surface area contributed by atoms with Crippen LogP contribution in [0.1, 0.15) is 25.7 Å². The first-order valence-electron chi connectivity index (χ1n) is 3.83. The number of rotatable bonds is 2. The Bertz CT molecular complexity index is 170. The van der Waals surface area contributed by atoms with Gasteiger partial charge in [0.25, 0.3) is 0 Å². The molecular weight excluding hydrogens is 204 g/mol.